The van der Waals surface area contributed by atoms with Crippen molar-refractivity contribution in [1.29, 1.82) is 0 Å². The zero-order chi connectivity index (χ0) is 16.7. The molecule has 2 aromatic carbocycles. The highest BCUT2D eigenvalue weighted by Crippen LogP contribution is 2.53. The van der Waals surface area contributed by atoms with E-state index in [1.165, 1.54) is 20.3 Å². The van der Waals surface area contributed by atoms with Crippen molar-refractivity contribution in [3.05, 3.63) is 35.4 Å². The molecule has 1 N–H and O–H groups in total. The molecule has 0 fully saturated rings. The molecule has 0 amide bonds. The highest BCUT2D eigenvalue weighted by molar-refractivity contribution is 6.24. The van der Waals surface area contributed by atoms with Crippen molar-refractivity contribution in [2.75, 3.05) is 14.2 Å². The fourth-order valence-corrected chi connectivity index (χ4v) is 2.88. The maximum absolute atomic E-state index is 12.7. The number of carbonyl (C=O) groups excluding carboxylic acids is 1. The summed E-state index contributed by atoms with van der Waals surface area (Å²) in [5, 5.41) is 10.3. The highest BCUT2D eigenvalue weighted by Gasteiger charge is 2.35. The number of methoxy groups -OCH3 is 2. The van der Waals surface area contributed by atoms with Crippen molar-refractivity contribution in [1.82, 2.24) is 0 Å². The lowest BCUT2D eigenvalue weighted by atomic mass is 10.0. The lowest BCUT2D eigenvalue weighted by Crippen LogP contribution is -2.07. The summed E-state index contributed by atoms with van der Waals surface area (Å²) in [4.78, 5) is 12.7. The summed E-state index contributed by atoms with van der Waals surface area (Å²) in [6.07, 6.45) is -0.0431. The molecule has 0 heterocycles. The predicted octanol–water partition coefficient (Wildman–Crippen LogP) is 3.41. The molecule has 0 aromatic heterocycles. The second kappa shape index (κ2) is 5.50. The summed E-state index contributed by atoms with van der Waals surface area (Å²) in [6, 6.07) is 6.87. The minimum atomic E-state index is -0.138. The van der Waals surface area contributed by atoms with E-state index >= 15 is 0 Å². The van der Waals surface area contributed by atoms with Crippen LogP contribution in [0, 0.1) is 0 Å². The van der Waals surface area contributed by atoms with E-state index in [0.29, 0.717) is 28.0 Å². The number of phenolic OH excluding ortho intramolecular Hbond substituents is 1. The van der Waals surface area contributed by atoms with E-state index in [2.05, 4.69) is 0 Å². The number of carbonyl (C=O) groups is 1. The van der Waals surface area contributed by atoms with E-state index < -0.39 is 0 Å². The van der Waals surface area contributed by atoms with Crippen LogP contribution < -0.4 is 14.2 Å². The molecule has 0 unspecified atom stereocenters. The fraction of sp³-hybridized carbons (Fsp3) is 0.278. The molecule has 23 heavy (non-hydrogen) atoms. The summed E-state index contributed by atoms with van der Waals surface area (Å²) < 4.78 is 16.3. The minimum absolute atomic E-state index is 0.0431. The van der Waals surface area contributed by atoms with Crippen LogP contribution in [0.1, 0.15) is 29.8 Å². The van der Waals surface area contributed by atoms with E-state index in [1.807, 2.05) is 19.9 Å². The van der Waals surface area contributed by atoms with Gasteiger partial charge in [-0.05, 0) is 26.0 Å². The number of ketones is 1. The standard InChI is InChI=1S/C18H18O5/c1-9(2)23-12-7-5-6-10-14(12)15-11(16(10)19)8-13(21-3)17(20)18(15)22-4/h5-9,20H,1-4H3. The number of aromatic hydroxyl groups is 1. The third-order valence-corrected chi connectivity index (χ3v) is 3.77. The molecule has 2 aromatic rings. The van der Waals surface area contributed by atoms with Crippen LogP contribution >= 0.6 is 0 Å². The number of rotatable bonds is 4. The van der Waals surface area contributed by atoms with Gasteiger partial charge in [-0.3, -0.25) is 4.79 Å². The summed E-state index contributed by atoms with van der Waals surface area (Å²) in [6.45, 7) is 3.83. The fourth-order valence-electron chi connectivity index (χ4n) is 2.88. The minimum Gasteiger partial charge on any atom is -0.502 e. The first kappa shape index (κ1) is 15.2. The first-order valence-corrected chi connectivity index (χ1v) is 7.32. The first-order chi connectivity index (χ1) is 11.0. The Morgan fingerprint density at radius 1 is 1.00 bits per heavy atom. The van der Waals surface area contributed by atoms with Crippen LogP contribution in [-0.4, -0.2) is 31.2 Å². The Labute approximate surface area is 134 Å². The molecular weight excluding hydrogens is 296 g/mol. The zero-order valence-electron chi connectivity index (χ0n) is 13.5. The van der Waals surface area contributed by atoms with Crippen molar-refractivity contribution < 1.29 is 24.1 Å². The lowest BCUT2D eigenvalue weighted by molar-refractivity contribution is 0.104. The van der Waals surface area contributed by atoms with Gasteiger partial charge in [0.05, 0.1) is 20.3 Å². The monoisotopic (exact) mass is 314 g/mol. The van der Waals surface area contributed by atoms with Crippen molar-refractivity contribution in [2.24, 2.45) is 0 Å². The summed E-state index contributed by atoms with van der Waals surface area (Å²) in [5.74, 6) is 0.737. The molecule has 1 aliphatic carbocycles. The molecule has 0 atom stereocenters. The van der Waals surface area contributed by atoms with Gasteiger partial charge in [-0.2, -0.15) is 0 Å². The quantitative estimate of drug-likeness (QED) is 0.799. The van der Waals surface area contributed by atoms with Crippen LogP contribution in [0.3, 0.4) is 0 Å². The molecule has 1 aliphatic rings. The van der Waals surface area contributed by atoms with Crippen LogP contribution in [0.25, 0.3) is 11.1 Å². The molecular formula is C18H18O5. The number of ether oxygens (including phenoxy) is 3. The van der Waals surface area contributed by atoms with Gasteiger partial charge in [-0.1, -0.05) is 12.1 Å². The van der Waals surface area contributed by atoms with E-state index in [0.717, 1.165) is 0 Å². The smallest absolute Gasteiger partial charge is 0.201 e. The predicted molar refractivity (Wildman–Crippen MR) is 85.8 cm³/mol. The van der Waals surface area contributed by atoms with Crippen molar-refractivity contribution in [2.45, 2.75) is 20.0 Å². The number of phenols is 1. The van der Waals surface area contributed by atoms with Gasteiger partial charge in [0.25, 0.3) is 0 Å². The maximum Gasteiger partial charge on any atom is 0.201 e. The third kappa shape index (κ3) is 2.20. The molecule has 5 heteroatoms. The molecule has 0 saturated heterocycles. The SMILES string of the molecule is COc1cc2c(c(OC)c1O)-c1c(OC(C)C)cccc1C2=O. The summed E-state index contributed by atoms with van der Waals surface area (Å²) in [7, 11) is 2.88. The average Bonchev–Trinajstić information content (AvgIpc) is 2.80. The molecule has 0 bridgehead atoms. The largest absolute Gasteiger partial charge is 0.502 e. The molecule has 120 valence electrons. The van der Waals surface area contributed by atoms with Crippen molar-refractivity contribution in [3.8, 4) is 34.1 Å². The van der Waals surface area contributed by atoms with E-state index in [9.17, 15) is 9.90 Å². The third-order valence-electron chi connectivity index (χ3n) is 3.77. The Morgan fingerprint density at radius 3 is 2.35 bits per heavy atom. The Morgan fingerprint density at radius 2 is 1.74 bits per heavy atom. The molecule has 0 radical (unpaired) electrons. The van der Waals surface area contributed by atoms with Gasteiger partial charge in [-0.15, -0.1) is 0 Å². The molecule has 0 aliphatic heterocycles. The van der Waals surface area contributed by atoms with E-state index in [1.54, 1.807) is 12.1 Å². The Balaban J connectivity index is 2.35. The van der Waals surface area contributed by atoms with Gasteiger partial charge in [0, 0.05) is 22.3 Å². The number of hydrogen-bond donors (Lipinski definition) is 1. The second-order valence-electron chi connectivity index (χ2n) is 5.56. The Kier molecular flexibility index (Phi) is 3.64. The number of hydrogen-bond acceptors (Lipinski definition) is 5. The Hall–Kier alpha value is -2.69. The summed E-state index contributed by atoms with van der Waals surface area (Å²) >= 11 is 0. The van der Waals surface area contributed by atoms with Crippen LogP contribution in [0.5, 0.6) is 23.0 Å². The molecule has 5 nitrogen and oxygen atoms in total. The second-order valence-corrected chi connectivity index (χ2v) is 5.56. The first-order valence-electron chi connectivity index (χ1n) is 7.32. The molecule has 3 rings (SSSR count). The molecule has 0 saturated carbocycles. The zero-order valence-corrected chi connectivity index (χ0v) is 13.5. The van der Waals surface area contributed by atoms with Gasteiger partial charge < -0.3 is 19.3 Å². The van der Waals surface area contributed by atoms with Gasteiger partial charge in [0.2, 0.25) is 5.75 Å². The van der Waals surface area contributed by atoms with E-state index in [4.69, 9.17) is 14.2 Å². The number of fused-ring (bicyclic) bond motifs is 3. The van der Waals surface area contributed by atoms with Gasteiger partial charge in [0.1, 0.15) is 5.75 Å². The normalized spacial score (nSPS) is 12.1. The highest BCUT2D eigenvalue weighted by atomic mass is 16.5. The van der Waals surface area contributed by atoms with Gasteiger partial charge in [0.15, 0.2) is 17.3 Å². The van der Waals surface area contributed by atoms with E-state index in [-0.39, 0.29) is 29.1 Å². The van der Waals surface area contributed by atoms with Crippen LogP contribution in [0.15, 0.2) is 24.3 Å². The van der Waals surface area contributed by atoms with Crippen LogP contribution in [-0.2, 0) is 0 Å². The van der Waals surface area contributed by atoms with Crippen LogP contribution in [0.2, 0.25) is 0 Å². The van der Waals surface area contributed by atoms with Crippen molar-refractivity contribution >= 4 is 5.78 Å². The lowest BCUT2D eigenvalue weighted by Gasteiger charge is -2.16. The topological polar surface area (TPSA) is 65.0 Å². The number of benzene rings is 2. The van der Waals surface area contributed by atoms with Gasteiger partial charge >= 0.3 is 0 Å². The van der Waals surface area contributed by atoms with Crippen LogP contribution in [0.4, 0.5) is 0 Å². The maximum atomic E-state index is 12.7. The summed E-state index contributed by atoms with van der Waals surface area (Å²) in [5.41, 5.74) is 2.16. The molecule has 0 spiro atoms. The van der Waals surface area contributed by atoms with Gasteiger partial charge in [-0.25, -0.2) is 0 Å². The van der Waals surface area contributed by atoms with Crippen molar-refractivity contribution in [3.63, 3.8) is 0 Å². The Bertz CT molecular complexity index is 792. The average molecular weight is 314 g/mol.